The summed E-state index contributed by atoms with van der Waals surface area (Å²) in [7, 11) is -1.26. The van der Waals surface area contributed by atoms with E-state index in [1.54, 1.807) is 18.2 Å². The zero-order valence-corrected chi connectivity index (χ0v) is 31.0. The second-order valence-electron chi connectivity index (χ2n) is 12.9. The van der Waals surface area contributed by atoms with Crippen LogP contribution in [0.2, 0.25) is 0 Å². The van der Waals surface area contributed by atoms with Gasteiger partial charge in [0.2, 0.25) is 0 Å². The molecule has 0 saturated heterocycles. The molecule has 0 N–H and O–H groups in total. The summed E-state index contributed by atoms with van der Waals surface area (Å²) >= 11 is 0. The third-order valence-corrected chi connectivity index (χ3v) is 8.83. The average molecular weight is 660 g/mol. The second-order valence-corrected chi connectivity index (χ2v) is 12.9. The van der Waals surface area contributed by atoms with Gasteiger partial charge in [-0.1, -0.05) is 124 Å². The zero-order valence-electron chi connectivity index (χ0n) is 31.0. The molecule has 0 bridgehead atoms. The minimum absolute atomic E-state index is 0.0147. The van der Waals surface area contributed by atoms with E-state index in [2.05, 4.69) is 48.5 Å². The largest absolute Gasteiger partial charge is 0.788 e. The van der Waals surface area contributed by atoms with E-state index in [-0.39, 0.29) is 23.4 Å². The molecule has 0 spiro atoms. The van der Waals surface area contributed by atoms with Gasteiger partial charge < -0.3 is 25.4 Å². The van der Waals surface area contributed by atoms with Gasteiger partial charge in [-0.3, -0.25) is 0 Å². The minimum atomic E-state index is -1.26. The van der Waals surface area contributed by atoms with E-state index in [1.807, 2.05) is 12.1 Å². The quantitative estimate of drug-likeness (QED) is 0.0435. The standard InChI is InChI=1S/C34H55BF2NO3.C6H13/c1-6-11-15-18-28-39-35(40-32-23-17-16-22-30(32)36)41-33-24-19-21-29(34(33)37)31(20-10-5)38(25-12-7-2,26-13-8-3)27-14-9-4;1-3-5-6-4-2/h16-17,19,21-24,31H,6-15,18,20,25-28H2,1-5H3;1,3-6H2,2H3/q+1;-1. The van der Waals surface area contributed by atoms with Gasteiger partial charge in [0.05, 0.1) is 19.6 Å². The summed E-state index contributed by atoms with van der Waals surface area (Å²) in [6.07, 6.45) is 17.7. The molecule has 0 amide bonds. The molecule has 2 aromatic carbocycles. The Kier molecular flexibility index (Phi) is 24.5. The van der Waals surface area contributed by atoms with Crippen LogP contribution in [0, 0.1) is 18.6 Å². The van der Waals surface area contributed by atoms with Crippen LogP contribution in [0.3, 0.4) is 0 Å². The highest BCUT2D eigenvalue weighted by Gasteiger charge is 2.39. The highest BCUT2D eigenvalue weighted by Crippen LogP contribution is 2.39. The normalized spacial score (nSPS) is 11.9. The van der Waals surface area contributed by atoms with E-state index in [9.17, 15) is 4.39 Å². The number of nitrogens with zero attached hydrogens (tertiary/aromatic N) is 1. The predicted molar refractivity (Wildman–Crippen MR) is 197 cm³/mol. The lowest BCUT2D eigenvalue weighted by Crippen LogP contribution is -2.53. The fourth-order valence-corrected chi connectivity index (χ4v) is 6.07. The van der Waals surface area contributed by atoms with Gasteiger partial charge in [-0.15, -0.1) is 0 Å². The molecule has 268 valence electrons. The molecule has 2 rings (SSSR count). The molecule has 0 aliphatic heterocycles. The number of halogens is 2. The van der Waals surface area contributed by atoms with Crippen LogP contribution in [0.1, 0.15) is 156 Å². The third kappa shape index (κ3) is 16.2. The van der Waals surface area contributed by atoms with Crippen LogP contribution in [0.4, 0.5) is 8.78 Å². The fraction of sp³-hybridized carbons (Fsp3) is 0.675. The maximum Gasteiger partial charge on any atom is 0.788 e. The van der Waals surface area contributed by atoms with Gasteiger partial charge in [-0.2, -0.15) is 6.42 Å². The smallest absolute Gasteiger partial charge is 0.498 e. The van der Waals surface area contributed by atoms with Crippen molar-refractivity contribution in [3.8, 4) is 11.5 Å². The van der Waals surface area contributed by atoms with Crippen molar-refractivity contribution >= 4 is 7.32 Å². The Labute approximate surface area is 288 Å². The SMILES string of the molecule is CCCCCCOB(Oc1ccccc1F)Oc1cccc(C(CCC)[N+](CCCC)(CCCC)CCCC)c1F.[CH2-]CCCCC. The Morgan fingerprint density at radius 2 is 1.19 bits per heavy atom. The summed E-state index contributed by atoms with van der Waals surface area (Å²) in [5.41, 5.74) is 0.695. The van der Waals surface area contributed by atoms with Gasteiger partial charge in [0.15, 0.2) is 11.6 Å². The molecule has 0 radical (unpaired) electrons. The van der Waals surface area contributed by atoms with Crippen molar-refractivity contribution < 1.29 is 27.2 Å². The molecule has 0 aromatic heterocycles. The van der Waals surface area contributed by atoms with Gasteiger partial charge in [0.1, 0.15) is 17.5 Å². The Bertz CT molecular complexity index is 1010. The molecule has 0 heterocycles. The lowest BCUT2D eigenvalue weighted by atomic mass is 9.94. The van der Waals surface area contributed by atoms with Crippen molar-refractivity contribution in [3.05, 3.63) is 66.6 Å². The van der Waals surface area contributed by atoms with E-state index in [1.165, 1.54) is 31.4 Å². The first-order chi connectivity index (χ1) is 22.9. The monoisotopic (exact) mass is 660 g/mol. The van der Waals surface area contributed by atoms with Crippen molar-refractivity contribution in [2.45, 2.75) is 150 Å². The number of para-hydroxylation sites is 1. The maximum atomic E-state index is 16.5. The molecule has 0 saturated carbocycles. The van der Waals surface area contributed by atoms with Crippen molar-refractivity contribution in [2.24, 2.45) is 0 Å². The molecule has 1 unspecified atom stereocenters. The van der Waals surface area contributed by atoms with Crippen LogP contribution >= 0.6 is 0 Å². The van der Waals surface area contributed by atoms with Crippen molar-refractivity contribution in [2.75, 3.05) is 26.2 Å². The molecule has 1 atom stereocenters. The number of hydrogen-bond acceptors (Lipinski definition) is 3. The van der Waals surface area contributed by atoms with E-state index >= 15 is 4.39 Å². The fourth-order valence-electron chi connectivity index (χ4n) is 6.07. The van der Waals surface area contributed by atoms with Gasteiger partial charge in [-0.05, 0) is 49.9 Å². The van der Waals surface area contributed by atoms with E-state index in [0.29, 0.717) is 12.2 Å². The van der Waals surface area contributed by atoms with Gasteiger partial charge >= 0.3 is 7.32 Å². The Balaban J connectivity index is 0.00000167. The van der Waals surface area contributed by atoms with Gasteiger partial charge in [-0.25, -0.2) is 8.78 Å². The molecular formula is C40H68BF2NO3. The first-order valence-electron chi connectivity index (χ1n) is 19.0. The van der Waals surface area contributed by atoms with Crippen molar-refractivity contribution in [1.29, 1.82) is 0 Å². The van der Waals surface area contributed by atoms with Crippen LogP contribution in [-0.2, 0) is 4.65 Å². The third-order valence-electron chi connectivity index (χ3n) is 8.83. The molecule has 4 nitrogen and oxygen atoms in total. The highest BCUT2D eigenvalue weighted by molar-refractivity contribution is 6.38. The molecule has 7 heteroatoms. The molecule has 0 aliphatic carbocycles. The Morgan fingerprint density at radius 1 is 0.638 bits per heavy atom. The summed E-state index contributed by atoms with van der Waals surface area (Å²) in [4.78, 5) is 0. The van der Waals surface area contributed by atoms with Gasteiger partial charge in [0, 0.05) is 18.6 Å². The topological polar surface area (TPSA) is 27.7 Å². The number of unbranched alkanes of at least 4 members (excludes halogenated alkanes) is 9. The number of hydrogen-bond donors (Lipinski definition) is 0. The van der Waals surface area contributed by atoms with Crippen LogP contribution in [-0.4, -0.2) is 38.0 Å². The van der Waals surface area contributed by atoms with Crippen LogP contribution in [0.15, 0.2) is 42.5 Å². The van der Waals surface area contributed by atoms with Gasteiger partial charge in [0.25, 0.3) is 0 Å². The lowest BCUT2D eigenvalue weighted by molar-refractivity contribution is -0.958. The minimum Gasteiger partial charge on any atom is -0.498 e. The zero-order chi connectivity index (χ0) is 34.8. The summed E-state index contributed by atoms with van der Waals surface area (Å²) in [6.45, 7) is 20.5. The molecule has 47 heavy (non-hydrogen) atoms. The van der Waals surface area contributed by atoms with Crippen LogP contribution in [0.5, 0.6) is 11.5 Å². The number of benzene rings is 2. The Hall–Kier alpha value is -2.12. The first-order valence-corrected chi connectivity index (χ1v) is 19.0. The maximum absolute atomic E-state index is 16.5. The molecular weight excluding hydrogens is 591 g/mol. The number of rotatable bonds is 26. The molecule has 0 fully saturated rings. The van der Waals surface area contributed by atoms with Crippen molar-refractivity contribution in [1.82, 2.24) is 0 Å². The van der Waals surface area contributed by atoms with Crippen LogP contribution in [0.25, 0.3) is 0 Å². The van der Waals surface area contributed by atoms with E-state index in [0.717, 1.165) is 108 Å². The van der Waals surface area contributed by atoms with Crippen LogP contribution < -0.4 is 9.31 Å². The molecule has 0 aliphatic rings. The highest BCUT2D eigenvalue weighted by atomic mass is 19.1. The summed E-state index contributed by atoms with van der Waals surface area (Å²) < 4.78 is 49.6. The molecule has 2 aromatic rings. The Morgan fingerprint density at radius 3 is 1.72 bits per heavy atom. The van der Waals surface area contributed by atoms with E-state index in [4.69, 9.17) is 14.0 Å². The van der Waals surface area contributed by atoms with E-state index < -0.39 is 13.1 Å². The lowest BCUT2D eigenvalue weighted by Gasteiger charge is -2.46. The summed E-state index contributed by atoms with van der Waals surface area (Å²) in [5.74, 6) is -0.786. The predicted octanol–water partition coefficient (Wildman–Crippen LogP) is 12.5. The summed E-state index contributed by atoms with van der Waals surface area (Å²) in [6, 6.07) is 11.6. The number of quaternary nitrogens is 1. The average Bonchev–Trinajstić information content (AvgIpc) is 3.08. The van der Waals surface area contributed by atoms with Crippen molar-refractivity contribution in [3.63, 3.8) is 0 Å². The second kappa shape index (κ2) is 26.8. The summed E-state index contributed by atoms with van der Waals surface area (Å²) in [5, 5.41) is 0. The first kappa shape index (κ1) is 42.9.